The van der Waals surface area contributed by atoms with E-state index in [9.17, 15) is 9.59 Å². The molecule has 0 saturated heterocycles. The van der Waals surface area contributed by atoms with Gasteiger partial charge in [0.2, 0.25) is 0 Å². The highest BCUT2D eigenvalue weighted by atomic mass is 35.5. The third-order valence-corrected chi connectivity index (χ3v) is 2.95. The number of rotatable bonds is 3. The summed E-state index contributed by atoms with van der Waals surface area (Å²) in [5.74, 6) is -0.473. The van der Waals surface area contributed by atoms with E-state index < -0.39 is 11.5 Å². The summed E-state index contributed by atoms with van der Waals surface area (Å²) in [5.41, 5.74) is 0.399. The van der Waals surface area contributed by atoms with Gasteiger partial charge in [0.25, 0.3) is 11.5 Å². The van der Waals surface area contributed by atoms with Crippen LogP contribution in [0.25, 0.3) is 0 Å². The molecule has 1 amide bonds. The first-order chi connectivity index (χ1) is 9.06. The molecule has 0 saturated carbocycles. The lowest BCUT2D eigenvalue weighted by Gasteiger charge is -2.05. The van der Waals surface area contributed by atoms with Crippen molar-refractivity contribution in [3.63, 3.8) is 0 Å². The molecule has 0 bridgehead atoms. The molecule has 1 aromatic carbocycles. The van der Waals surface area contributed by atoms with Gasteiger partial charge < -0.3 is 10.3 Å². The molecular formula is C13H10Cl2N2O2. The molecular weight excluding hydrogens is 287 g/mol. The number of amides is 1. The van der Waals surface area contributed by atoms with Crippen LogP contribution in [0.2, 0.25) is 10.0 Å². The van der Waals surface area contributed by atoms with Gasteiger partial charge in [-0.05, 0) is 23.8 Å². The SMILES string of the molecule is O=C(NCc1ccc(Cl)cc1)c1cc(Cl)c[nH]c1=O. The summed E-state index contributed by atoms with van der Waals surface area (Å²) in [6.45, 7) is 0.307. The Morgan fingerprint density at radius 3 is 2.53 bits per heavy atom. The van der Waals surface area contributed by atoms with Crippen molar-refractivity contribution in [1.82, 2.24) is 10.3 Å². The first-order valence-electron chi connectivity index (χ1n) is 5.47. The molecule has 0 fully saturated rings. The topological polar surface area (TPSA) is 62.0 Å². The van der Waals surface area contributed by atoms with E-state index in [1.807, 2.05) is 0 Å². The number of pyridine rings is 1. The second-order valence-electron chi connectivity index (χ2n) is 3.87. The van der Waals surface area contributed by atoms with Crippen molar-refractivity contribution in [2.24, 2.45) is 0 Å². The maximum atomic E-state index is 11.8. The highest BCUT2D eigenvalue weighted by Crippen LogP contribution is 2.09. The monoisotopic (exact) mass is 296 g/mol. The molecule has 0 unspecified atom stereocenters. The molecule has 0 atom stereocenters. The number of hydrogen-bond acceptors (Lipinski definition) is 2. The van der Waals surface area contributed by atoms with Crippen molar-refractivity contribution in [2.45, 2.75) is 6.54 Å². The highest BCUT2D eigenvalue weighted by Gasteiger charge is 2.10. The minimum absolute atomic E-state index is 0.0125. The quantitative estimate of drug-likeness (QED) is 0.914. The average molecular weight is 297 g/mol. The largest absolute Gasteiger partial charge is 0.348 e. The number of nitrogens with one attached hydrogen (secondary N) is 2. The molecule has 0 spiro atoms. The van der Waals surface area contributed by atoms with Crippen LogP contribution in [0.15, 0.2) is 41.3 Å². The lowest BCUT2D eigenvalue weighted by molar-refractivity contribution is 0.0949. The number of aromatic nitrogens is 1. The summed E-state index contributed by atoms with van der Waals surface area (Å²) in [7, 11) is 0. The highest BCUT2D eigenvalue weighted by molar-refractivity contribution is 6.31. The Morgan fingerprint density at radius 1 is 1.16 bits per heavy atom. The summed E-state index contributed by atoms with van der Waals surface area (Å²) in [6.07, 6.45) is 1.33. The predicted molar refractivity (Wildman–Crippen MR) is 74.7 cm³/mol. The van der Waals surface area contributed by atoms with Gasteiger partial charge in [-0.3, -0.25) is 9.59 Å². The number of halogens is 2. The smallest absolute Gasteiger partial charge is 0.260 e. The average Bonchev–Trinajstić information content (AvgIpc) is 2.40. The molecule has 2 rings (SSSR count). The van der Waals surface area contributed by atoms with Crippen molar-refractivity contribution in [3.8, 4) is 0 Å². The number of carbonyl (C=O) groups excluding carboxylic acids is 1. The van der Waals surface area contributed by atoms with Crippen LogP contribution >= 0.6 is 23.2 Å². The van der Waals surface area contributed by atoms with Crippen LogP contribution in [0.3, 0.4) is 0 Å². The van der Waals surface area contributed by atoms with Gasteiger partial charge in [0.05, 0.1) is 5.02 Å². The maximum Gasteiger partial charge on any atom is 0.260 e. The number of benzene rings is 1. The van der Waals surface area contributed by atoms with Crippen LogP contribution in [-0.4, -0.2) is 10.9 Å². The van der Waals surface area contributed by atoms with Gasteiger partial charge in [-0.2, -0.15) is 0 Å². The van der Waals surface area contributed by atoms with Gasteiger partial charge >= 0.3 is 0 Å². The summed E-state index contributed by atoms with van der Waals surface area (Å²) in [5, 5.41) is 3.57. The van der Waals surface area contributed by atoms with E-state index in [1.54, 1.807) is 24.3 Å². The third kappa shape index (κ3) is 3.59. The predicted octanol–water partition coefficient (Wildman–Crippen LogP) is 2.61. The van der Waals surface area contributed by atoms with E-state index in [0.717, 1.165) is 5.56 Å². The fraction of sp³-hybridized carbons (Fsp3) is 0.0769. The Bertz CT molecular complexity index is 650. The van der Waals surface area contributed by atoms with Crippen molar-refractivity contribution in [3.05, 3.63) is 68.1 Å². The molecule has 0 aliphatic rings. The van der Waals surface area contributed by atoms with Gasteiger partial charge in [-0.1, -0.05) is 35.3 Å². The fourth-order valence-corrected chi connectivity index (χ4v) is 1.80. The van der Waals surface area contributed by atoms with Gasteiger partial charge in [-0.25, -0.2) is 0 Å². The van der Waals surface area contributed by atoms with Crippen LogP contribution < -0.4 is 10.9 Å². The van der Waals surface area contributed by atoms with Crippen LogP contribution in [0.1, 0.15) is 15.9 Å². The standard InChI is InChI=1S/C13H10Cl2N2O2/c14-9-3-1-8(2-4-9)6-16-12(18)11-5-10(15)7-17-13(11)19/h1-5,7H,6H2,(H,16,18)(H,17,19). The number of carbonyl (C=O) groups is 1. The Morgan fingerprint density at radius 2 is 1.84 bits per heavy atom. The van der Waals surface area contributed by atoms with E-state index in [1.165, 1.54) is 12.3 Å². The van der Waals surface area contributed by atoms with E-state index in [-0.39, 0.29) is 5.56 Å². The molecule has 2 N–H and O–H groups in total. The second-order valence-corrected chi connectivity index (χ2v) is 4.74. The van der Waals surface area contributed by atoms with Crippen molar-refractivity contribution in [1.29, 1.82) is 0 Å². The van der Waals surface area contributed by atoms with Crippen molar-refractivity contribution >= 4 is 29.1 Å². The molecule has 19 heavy (non-hydrogen) atoms. The van der Waals surface area contributed by atoms with Gasteiger partial charge in [0.15, 0.2) is 0 Å². The number of H-pyrrole nitrogens is 1. The maximum absolute atomic E-state index is 11.8. The zero-order chi connectivity index (χ0) is 13.8. The molecule has 2 aromatic rings. The van der Waals surface area contributed by atoms with Crippen LogP contribution in [0, 0.1) is 0 Å². The molecule has 0 aliphatic carbocycles. The summed E-state index contributed by atoms with van der Waals surface area (Å²) < 4.78 is 0. The number of aromatic amines is 1. The first kappa shape index (κ1) is 13.6. The Balaban J connectivity index is 2.07. The van der Waals surface area contributed by atoms with Crippen LogP contribution in [0.5, 0.6) is 0 Å². The third-order valence-electron chi connectivity index (χ3n) is 2.48. The zero-order valence-corrected chi connectivity index (χ0v) is 11.3. The molecule has 0 aliphatic heterocycles. The van der Waals surface area contributed by atoms with Crippen molar-refractivity contribution in [2.75, 3.05) is 0 Å². The molecule has 4 nitrogen and oxygen atoms in total. The van der Waals surface area contributed by atoms with E-state index >= 15 is 0 Å². The van der Waals surface area contributed by atoms with Gasteiger partial charge in [0, 0.05) is 17.8 Å². The Labute approximate surface area is 119 Å². The molecule has 0 radical (unpaired) electrons. The first-order valence-corrected chi connectivity index (χ1v) is 6.23. The van der Waals surface area contributed by atoms with Gasteiger partial charge in [0.1, 0.15) is 5.56 Å². The lowest BCUT2D eigenvalue weighted by Crippen LogP contribution is -2.29. The van der Waals surface area contributed by atoms with Crippen molar-refractivity contribution < 1.29 is 4.79 Å². The second kappa shape index (κ2) is 5.91. The molecule has 6 heteroatoms. The summed E-state index contributed by atoms with van der Waals surface area (Å²) in [6, 6.07) is 8.39. The Hall–Kier alpha value is -1.78. The Kier molecular flexibility index (Phi) is 4.24. The van der Waals surface area contributed by atoms with E-state index in [2.05, 4.69) is 10.3 Å². The molecule has 1 aromatic heterocycles. The lowest BCUT2D eigenvalue weighted by atomic mass is 10.2. The van der Waals surface area contributed by atoms with Crippen LogP contribution in [-0.2, 0) is 6.54 Å². The summed E-state index contributed by atoms with van der Waals surface area (Å²) in [4.78, 5) is 25.7. The van der Waals surface area contributed by atoms with Crippen LogP contribution in [0.4, 0.5) is 0 Å². The normalized spacial score (nSPS) is 10.2. The van der Waals surface area contributed by atoms with E-state index in [4.69, 9.17) is 23.2 Å². The molecule has 98 valence electrons. The summed E-state index contributed by atoms with van der Waals surface area (Å²) >= 11 is 11.5. The minimum Gasteiger partial charge on any atom is -0.348 e. The molecule has 1 heterocycles. The van der Waals surface area contributed by atoms with Gasteiger partial charge in [-0.15, -0.1) is 0 Å². The fourth-order valence-electron chi connectivity index (χ4n) is 1.51. The number of hydrogen-bond donors (Lipinski definition) is 2. The minimum atomic E-state index is -0.474. The zero-order valence-electron chi connectivity index (χ0n) is 9.74. The van der Waals surface area contributed by atoms with E-state index in [0.29, 0.717) is 16.6 Å².